The molecule has 2 aromatic rings. The standard InChI is InChI=1S/C14H16N6OS/c1-10-2-3-12(22-10)9-20-13(4-5-17-20)19-8-11(6-14(19)21)7-16-18-15/h2-5,11H,6-9H2,1H3. The highest BCUT2D eigenvalue weighted by Gasteiger charge is 2.31. The van der Waals surface area contributed by atoms with E-state index in [-0.39, 0.29) is 11.8 Å². The number of azide groups is 1. The van der Waals surface area contributed by atoms with Crippen LogP contribution >= 0.6 is 11.3 Å². The molecule has 1 aliphatic rings. The molecule has 2 aromatic heterocycles. The van der Waals surface area contributed by atoms with Crippen LogP contribution in [0.1, 0.15) is 16.2 Å². The Hall–Kier alpha value is -2.31. The molecule has 0 N–H and O–H groups in total. The first-order valence-electron chi connectivity index (χ1n) is 7.05. The summed E-state index contributed by atoms with van der Waals surface area (Å²) in [6, 6.07) is 6.02. The van der Waals surface area contributed by atoms with Crippen molar-refractivity contribution in [3.63, 3.8) is 0 Å². The van der Waals surface area contributed by atoms with E-state index < -0.39 is 0 Å². The number of aromatic nitrogens is 2. The summed E-state index contributed by atoms with van der Waals surface area (Å²) in [6.07, 6.45) is 2.13. The van der Waals surface area contributed by atoms with Gasteiger partial charge in [0.1, 0.15) is 5.82 Å². The summed E-state index contributed by atoms with van der Waals surface area (Å²) in [4.78, 5) is 19.2. The number of thiophene rings is 1. The second-order valence-corrected chi connectivity index (χ2v) is 6.72. The molecule has 1 amide bonds. The molecule has 3 heterocycles. The van der Waals surface area contributed by atoms with Crippen molar-refractivity contribution in [1.82, 2.24) is 9.78 Å². The van der Waals surface area contributed by atoms with Crippen LogP contribution in [0.25, 0.3) is 10.4 Å². The summed E-state index contributed by atoms with van der Waals surface area (Å²) < 4.78 is 1.85. The Morgan fingerprint density at radius 2 is 2.36 bits per heavy atom. The molecule has 1 saturated heterocycles. The highest BCUT2D eigenvalue weighted by Crippen LogP contribution is 2.26. The molecule has 22 heavy (non-hydrogen) atoms. The van der Waals surface area contributed by atoms with E-state index in [1.165, 1.54) is 9.75 Å². The molecule has 7 nitrogen and oxygen atoms in total. The van der Waals surface area contributed by atoms with Gasteiger partial charge >= 0.3 is 0 Å². The number of hydrogen-bond acceptors (Lipinski definition) is 4. The average molecular weight is 316 g/mol. The predicted octanol–water partition coefficient (Wildman–Crippen LogP) is 2.96. The summed E-state index contributed by atoms with van der Waals surface area (Å²) >= 11 is 1.73. The summed E-state index contributed by atoms with van der Waals surface area (Å²) in [5, 5.41) is 7.91. The Morgan fingerprint density at radius 3 is 3.09 bits per heavy atom. The zero-order valence-electron chi connectivity index (χ0n) is 12.2. The van der Waals surface area contributed by atoms with Gasteiger partial charge in [0.05, 0.1) is 12.7 Å². The normalized spacial score (nSPS) is 17.8. The van der Waals surface area contributed by atoms with Crippen molar-refractivity contribution < 1.29 is 4.79 Å². The molecule has 0 saturated carbocycles. The minimum absolute atomic E-state index is 0.0576. The number of rotatable bonds is 5. The van der Waals surface area contributed by atoms with E-state index in [0.29, 0.717) is 26.1 Å². The van der Waals surface area contributed by atoms with Gasteiger partial charge < -0.3 is 0 Å². The fraction of sp³-hybridized carbons (Fsp3) is 0.429. The maximum absolute atomic E-state index is 12.2. The SMILES string of the molecule is Cc1ccc(Cn2nccc2N2CC(CN=[N+]=[N-])CC2=O)s1. The van der Waals surface area contributed by atoms with E-state index in [2.05, 4.69) is 34.2 Å². The van der Waals surface area contributed by atoms with Crippen LogP contribution in [0.2, 0.25) is 0 Å². The highest BCUT2D eigenvalue weighted by atomic mass is 32.1. The van der Waals surface area contributed by atoms with Crippen molar-refractivity contribution in [3.8, 4) is 0 Å². The van der Waals surface area contributed by atoms with E-state index in [1.807, 2.05) is 10.7 Å². The Morgan fingerprint density at radius 1 is 1.50 bits per heavy atom. The number of carbonyl (C=O) groups is 1. The lowest BCUT2D eigenvalue weighted by atomic mass is 10.1. The topological polar surface area (TPSA) is 86.9 Å². The van der Waals surface area contributed by atoms with E-state index >= 15 is 0 Å². The van der Waals surface area contributed by atoms with Crippen LogP contribution in [0, 0.1) is 12.8 Å². The first kappa shape index (κ1) is 14.6. The van der Waals surface area contributed by atoms with E-state index in [9.17, 15) is 4.79 Å². The second-order valence-electron chi connectivity index (χ2n) is 5.35. The van der Waals surface area contributed by atoms with E-state index in [0.717, 1.165) is 5.82 Å². The molecule has 0 radical (unpaired) electrons. The zero-order valence-corrected chi connectivity index (χ0v) is 13.0. The monoisotopic (exact) mass is 316 g/mol. The zero-order chi connectivity index (χ0) is 15.5. The average Bonchev–Trinajstić information content (AvgIpc) is 3.18. The molecule has 0 aliphatic carbocycles. The van der Waals surface area contributed by atoms with Gasteiger partial charge in [0.2, 0.25) is 5.91 Å². The maximum Gasteiger partial charge on any atom is 0.228 e. The van der Waals surface area contributed by atoms with Gasteiger partial charge in [-0.15, -0.1) is 11.3 Å². The molecule has 1 aliphatic heterocycles. The molecule has 1 atom stereocenters. The van der Waals surface area contributed by atoms with Crippen molar-refractivity contribution >= 4 is 23.1 Å². The molecular formula is C14H16N6OS. The van der Waals surface area contributed by atoms with Crippen LogP contribution in [0.15, 0.2) is 29.5 Å². The van der Waals surface area contributed by atoms with E-state index in [1.54, 1.807) is 22.4 Å². The minimum Gasteiger partial charge on any atom is -0.297 e. The van der Waals surface area contributed by atoms with Crippen molar-refractivity contribution in [2.75, 3.05) is 18.0 Å². The molecule has 1 fully saturated rings. The van der Waals surface area contributed by atoms with Gasteiger partial charge in [-0.3, -0.25) is 9.69 Å². The van der Waals surface area contributed by atoms with Gasteiger partial charge in [0.15, 0.2) is 0 Å². The van der Waals surface area contributed by atoms with Gasteiger partial charge in [0, 0.05) is 40.2 Å². The third kappa shape index (κ3) is 2.98. The Bertz CT molecular complexity index is 729. The summed E-state index contributed by atoms with van der Waals surface area (Å²) in [5.74, 6) is 0.942. The molecule has 0 aromatic carbocycles. The highest BCUT2D eigenvalue weighted by molar-refractivity contribution is 7.11. The molecule has 114 valence electrons. The van der Waals surface area contributed by atoms with Crippen molar-refractivity contribution in [1.29, 1.82) is 0 Å². The van der Waals surface area contributed by atoms with E-state index in [4.69, 9.17) is 5.53 Å². The number of hydrogen-bond donors (Lipinski definition) is 0. The quantitative estimate of drug-likeness (QED) is 0.482. The number of carbonyl (C=O) groups excluding carboxylic acids is 1. The van der Waals surface area contributed by atoms with Crippen LogP contribution in [0.3, 0.4) is 0 Å². The van der Waals surface area contributed by atoms with Crippen LogP contribution in [-0.2, 0) is 11.3 Å². The minimum atomic E-state index is 0.0576. The summed E-state index contributed by atoms with van der Waals surface area (Å²) in [5.41, 5.74) is 8.40. The van der Waals surface area contributed by atoms with Gasteiger partial charge in [-0.25, -0.2) is 4.68 Å². The van der Waals surface area contributed by atoms with Gasteiger partial charge in [-0.2, -0.15) is 5.10 Å². The summed E-state index contributed by atoms with van der Waals surface area (Å²) in [6.45, 7) is 3.66. The fourth-order valence-electron chi connectivity index (χ4n) is 2.67. The molecule has 0 bridgehead atoms. The number of nitrogens with zero attached hydrogens (tertiary/aromatic N) is 6. The second kappa shape index (κ2) is 6.21. The molecule has 3 rings (SSSR count). The van der Waals surface area contributed by atoms with Crippen molar-refractivity contribution in [2.24, 2.45) is 11.0 Å². The third-order valence-electron chi connectivity index (χ3n) is 3.68. The smallest absolute Gasteiger partial charge is 0.228 e. The van der Waals surface area contributed by atoms with Gasteiger partial charge in [-0.1, -0.05) is 5.11 Å². The van der Waals surface area contributed by atoms with Crippen molar-refractivity contribution in [3.05, 3.63) is 44.6 Å². The van der Waals surface area contributed by atoms with Crippen LogP contribution in [-0.4, -0.2) is 28.8 Å². The lowest BCUT2D eigenvalue weighted by Gasteiger charge is -2.17. The molecule has 1 unspecified atom stereocenters. The number of aryl methyl sites for hydroxylation is 1. The first-order valence-corrected chi connectivity index (χ1v) is 7.87. The third-order valence-corrected chi connectivity index (χ3v) is 4.67. The molecule has 0 spiro atoms. The van der Waals surface area contributed by atoms with Crippen LogP contribution in [0.5, 0.6) is 0 Å². The lowest BCUT2D eigenvalue weighted by Crippen LogP contribution is -2.27. The Kier molecular flexibility index (Phi) is 4.13. The maximum atomic E-state index is 12.2. The largest absolute Gasteiger partial charge is 0.297 e. The molecule has 8 heteroatoms. The molecular weight excluding hydrogens is 300 g/mol. The lowest BCUT2D eigenvalue weighted by molar-refractivity contribution is -0.117. The van der Waals surface area contributed by atoms with Gasteiger partial charge in [-0.05, 0) is 30.5 Å². The Labute approximate surface area is 131 Å². The van der Waals surface area contributed by atoms with Gasteiger partial charge in [0.25, 0.3) is 0 Å². The number of anilines is 1. The first-order chi connectivity index (χ1) is 10.7. The predicted molar refractivity (Wildman–Crippen MR) is 84.9 cm³/mol. The van der Waals surface area contributed by atoms with Crippen LogP contribution < -0.4 is 4.90 Å². The fourth-order valence-corrected chi connectivity index (χ4v) is 3.54. The van der Waals surface area contributed by atoms with Crippen LogP contribution in [0.4, 0.5) is 5.82 Å². The number of amides is 1. The summed E-state index contributed by atoms with van der Waals surface area (Å²) in [7, 11) is 0. The van der Waals surface area contributed by atoms with Crippen molar-refractivity contribution in [2.45, 2.75) is 19.9 Å². The Balaban J connectivity index is 1.76.